The first-order chi connectivity index (χ1) is 12.6. The summed E-state index contributed by atoms with van der Waals surface area (Å²) in [6.45, 7) is 2.84. The second-order valence-electron chi connectivity index (χ2n) is 6.00. The SMILES string of the molecule is CC#CCN(C)[C@@H](Cc1ccc(OCc2ccccc2)cc1)C(=O)OC. The molecule has 4 heteroatoms. The zero-order valence-corrected chi connectivity index (χ0v) is 15.6. The molecule has 2 rings (SSSR count). The number of methoxy groups -OCH3 is 1. The van der Waals surface area contributed by atoms with Crippen molar-refractivity contribution in [3.05, 3.63) is 65.7 Å². The van der Waals surface area contributed by atoms with Crippen molar-refractivity contribution in [2.45, 2.75) is 26.0 Å². The van der Waals surface area contributed by atoms with Crippen LogP contribution in [0.5, 0.6) is 5.75 Å². The summed E-state index contributed by atoms with van der Waals surface area (Å²) in [6.07, 6.45) is 0.563. The molecule has 0 saturated heterocycles. The largest absolute Gasteiger partial charge is 0.489 e. The third-order valence-electron chi connectivity index (χ3n) is 4.11. The van der Waals surface area contributed by atoms with Crippen LogP contribution in [0.25, 0.3) is 0 Å². The molecule has 1 atom stereocenters. The Hall–Kier alpha value is -2.77. The summed E-state index contributed by atoms with van der Waals surface area (Å²) < 4.78 is 10.7. The predicted molar refractivity (Wildman–Crippen MR) is 103 cm³/mol. The minimum Gasteiger partial charge on any atom is -0.489 e. The van der Waals surface area contributed by atoms with Crippen LogP contribution in [0.1, 0.15) is 18.1 Å². The monoisotopic (exact) mass is 351 g/mol. The van der Waals surface area contributed by atoms with Crippen molar-refractivity contribution in [3.63, 3.8) is 0 Å². The van der Waals surface area contributed by atoms with Gasteiger partial charge in [0.15, 0.2) is 0 Å². The van der Waals surface area contributed by atoms with Gasteiger partial charge >= 0.3 is 5.97 Å². The molecule has 0 spiro atoms. The molecule has 0 saturated carbocycles. The molecule has 0 amide bonds. The van der Waals surface area contributed by atoms with E-state index in [2.05, 4.69) is 11.8 Å². The molecule has 0 bridgehead atoms. The van der Waals surface area contributed by atoms with E-state index in [0.717, 1.165) is 16.9 Å². The van der Waals surface area contributed by atoms with E-state index in [1.54, 1.807) is 6.92 Å². The molecule has 0 heterocycles. The van der Waals surface area contributed by atoms with E-state index in [1.165, 1.54) is 7.11 Å². The lowest BCUT2D eigenvalue weighted by Gasteiger charge is -2.24. The fraction of sp³-hybridized carbons (Fsp3) is 0.318. The van der Waals surface area contributed by atoms with E-state index in [9.17, 15) is 4.79 Å². The van der Waals surface area contributed by atoms with Gasteiger partial charge in [0, 0.05) is 0 Å². The average Bonchev–Trinajstić information content (AvgIpc) is 2.69. The second-order valence-corrected chi connectivity index (χ2v) is 6.00. The maximum absolute atomic E-state index is 12.1. The van der Waals surface area contributed by atoms with Crippen LogP contribution in [0, 0.1) is 11.8 Å². The minimum absolute atomic E-state index is 0.255. The Balaban J connectivity index is 1.98. The Bertz CT molecular complexity index is 744. The first-order valence-corrected chi connectivity index (χ1v) is 8.57. The van der Waals surface area contributed by atoms with E-state index >= 15 is 0 Å². The van der Waals surface area contributed by atoms with Crippen LogP contribution in [0.4, 0.5) is 0 Å². The quantitative estimate of drug-likeness (QED) is 0.540. The average molecular weight is 351 g/mol. The maximum Gasteiger partial charge on any atom is 0.323 e. The number of esters is 1. The number of hydrogen-bond donors (Lipinski definition) is 0. The van der Waals surface area contributed by atoms with Crippen molar-refractivity contribution >= 4 is 5.97 Å². The van der Waals surface area contributed by atoms with E-state index < -0.39 is 0 Å². The summed E-state index contributed by atoms with van der Waals surface area (Å²) in [4.78, 5) is 14.0. The molecule has 0 N–H and O–H groups in total. The second kappa shape index (κ2) is 10.3. The molecule has 2 aromatic rings. The number of nitrogens with zero attached hydrogens (tertiary/aromatic N) is 1. The van der Waals surface area contributed by atoms with E-state index in [4.69, 9.17) is 9.47 Å². The molecular weight excluding hydrogens is 326 g/mol. The first kappa shape index (κ1) is 19.6. The highest BCUT2D eigenvalue weighted by molar-refractivity contribution is 5.76. The van der Waals surface area contributed by atoms with E-state index in [1.807, 2.05) is 66.5 Å². The van der Waals surface area contributed by atoms with Crippen molar-refractivity contribution in [2.24, 2.45) is 0 Å². The van der Waals surface area contributed by atoms with Gasteiger partial charge in [-0.3, -0.25) is 9.69 Å². The van der Waals surface area contributed by atoms with Gasteiger partial charge < -0.3 is 9.47 Å². The molecule has 136 valence electrons. The Morgan fingerprint density at radius 3 is 2.38 bits per heavy atom. The first-order valence-electron chi connectivity index (χ1n) is 8.57. The standard InChI is InChI=1S/C22H25NO3/c1-4-5-15-23(2)21(22(24)25-3)16-18-11-13-20(14-12-18)26-17-19-9-7-6-8-10-19/h6-14,21H,15-17H2,1-3H3/t21-/m0/s1. The summed E-state index contributed by atoms with van der Waals surface area (Å²) in [7, 11) is 3.29. The molecule has 0 aliphatic rings. The number of likely N-dealkylation sites (N-methyl/N-ethyl adjacent to an activating group) is 1. The third-order valence-corrected chi connectivity index (χ3v) is 4.11. The van der Waals surface area contributed by atoms with Crippen LogP contribution < -0.4 is 4.74 Å². The maximum atomic E-state index is 12.1. The van der Waals surface area contributed by atoms with Gasteiger partial charge in [0.25, 0.3) is 0 Å². The molecule has 2 aromatic carbocycles. The lowest BCUT2D eigenvalue weighted by Crippen LogP contribution is -2.41. The molecule has 0 radical (unpaired) electrons. The lowest BCUT2D eigenvalue weighted by atomic mass is 10.0. The van der Waals surface area contributed by atoms with Crippen molar-refractivity contribution in [3.8, 4) is 17.6 Å². The number of benzene rings is 2. The molecule has 0 fully saturated rings. The third kappa shape index (κ3) is 5.94. The summed E-state index contributed by atoms with van der Waals surface area (Å²) in [5, 5.41) is 0. The zero-order valence-electron chi connectivity index (χ0n) is 15.6. The molecular formula is C22H25NO3. The van der Waals surface area contributed by atoms with Gasteiger partial charge in [0.1, 0.15) is 18.4 Å². The Kier molecular flexibility index (Phi) is 7.73. The van der Waals surface area contributed by atoms with Crippen molar-refractivity contribution in [1.29, 1.82) is 0 Å². The van der Waals surface area contributed by atoms with Gasteiger partial charge in [-0.05, 0) is 43.7 Å². The molecule has 4 nitrogen and oxygen atoms in total. The molecule has 26 heavy (non-hydrogen) atoms. The van der Waals surface area contributed by atoms with Crippen LogP contribution in [0.3, 0.4) is 0 Å². The highest BCUT2D eigenvalue weighted by atomic mass is 16.5. The number of ether oxygens (including phenoxy) is 2. The Morgan fingerprint density at radius 2 is 1.77 bits per heavy atom. The van der Waals surface area contributed by atoms with Gasteiger partial charge in [-0.2, -0.15) is 0 Å². The number of carbonyl (C=O) groups excluding carboxylic acids is 1. The van der Waals surface area contributed by atoms with Gasteiger partial charge in [0.05, 0.1) is 13.7 Å². The molecule has 0 unspecified atom stereocenters. The summed E-state index contributed by atoms with van der Waals surface area (Å²) >= 11 is 0. The van der Waals surface area contributed by atoms with Gasteiger partial charge in [-0.1, -0.05) is 48.4 Å². The Morgan fingerprint density at radius 1 is 1.08 bits per heavy atom. The van der Waals surface area contributed by atoms with Crippen LogP contribution in [0.15, 0.2) is 54.6 Å². The van der Waals surface area contributed by atoms with Crippen LogP contribution in [-0.2, 0) is 22.6 Å². The number of carbonyl (C=O) groups is 1. The van der Waals surface area contributed by atoms with Crippen molar-refractivity contribution in [2.75, 3.05) is 20.7 Å². The van der Waals surface area contributed by atoms with Crippen LogP contribution in [0.2, 0.25) is 0 Å². The topological polar surface area (TPSA) is 38.8 Å². The molecule has 0 aliphatic carbocycles. The Labute approximate surface area is 155 Å². The minimum atomic E-state index is -0.364. The van der Waals surface area contributed by atoms with Gasteiger partial charge in [-0.25, -0.2) is 0 Å². The predicted octanol–water partition coefficient (Wildman–Crippen LogP) is 3.30. The highest BCUT2D eigenvalue weighted by Gasteiger charge is 2.23. The zero-order chi connectivity index (χ0) is 18.8. The summed E-state index contributed by atoms with van der Waals surface area (Å²) in [5.41, 5.74) is 2.17. The van der Waals surface area contributed by atoms with Crippen molar-refractivity contribution < 1.29 is 14.3 Å². The van der Waals surface area contributed by atoms with Crippen molar-refractivity contribution in [1.82, 2.24) is 4.90 Å². The van der Waals surface area contributed by atoms with E-state index in [-0.39, 0.29) is 12.0 Å². The normalized spacial score (nSPS) is 11.4. The van der Waals surface area contributed by atoms with Gasteiger partial charge in [0.2, 0.25) is 0 Å². The van der Waals surface area contributed by atoms with Gasteiger partial charge in [-0.15, -0.1) is 5.92 Å². The molecule has 0 aliphatic heterocycles. The van der Waals surface area contributed by atoms with Crippen LogP contribution in [-0.4, -0.2) is 37.6 Å². The fourth-order valence-electron chi connectivity index (χ4n) is 2.56. The highest BCUT2D eigenvalue weighted by Crippen LogP contribution is 2.17. The number of rotatable bonds is 8. The fourth-order valence-corrected chi connectivity index (χ4v) is 2.56. The lowest BCUT2D eigenvalue weighted by molar-refractivity contribution is -0.146. The number of hydrogen-bond acceptors (Lipinski definition) is 4. The van der Waals surface area contributed by atoms with Crippen LogP contribution >= 0.6 is 0 Å². The summed E-state index contributed by atoms with van der Waals surface area (Å²) in [5.74, 6) is 6.38. The smallest absolute Gasteiger partial charge is 0.323 e. The van der Waals surface area contributed by atoms with E-state index in [0.29, 0.717) is 19.6 Å². The summed E-state index contributed by atoms with van der Waals surface area (Å²) in [6, 6.07) is 17.5. The molecule has 0 aromatic heterocycles.